The van der Waals surface area contributed by atoms with Gasteiger partial charge >= 0.3 is 0 Å². The van der Waals surface area contributed by atoms with Gasteiger partial charge in [-0.25, -0.2) is 0 Å². The zero-order chi connectivity index (χ0) is 13.8. The molecule has 0 saturated heterocycles. The lowest BCUT2D eigenvalue weighted by atomic mass is 10.1. The molecule has 2 rings (SSSR count). The molecular weight excluding hydrogens is 283 g/mol. The first-order valence-electron chi connectivity index (χ1n) is 5.74. The Kier molecular flexibility index (Phi) is 4.46. The molecule has 0 atom stereocenters. The van der Waals surface area contributed by atoms with Gasteiger partial charge in [-0.3, -0.25) is 4.79 Å². The van der Waals surface area contributed by atoms with E-state index in [9.17, 15) is 4.79 Å². The Balaban J connectivity index is 2.12. The molecule has 0 spiro atoms. The average molecular weight is 295 g/mol. The number of benzene rings is 2. The molecule has 0 saturated carbocycles. The van der Waals surface area contributed by atoms with E-state index in [2.05, 4.69) is 0 Å². The molecule has 0 unspecified atom stereocenters. The fourth-order valence-electron chi connectivity index (χ4n) is 1.70. The summed E-state index contributed by atoms with van der Waals surface area (Å²) >= 11 is 11.4. The van der Waals surface area contributed by atoms with Crippen LogP contribution in [0.15, 0.2) is 42.5 Å². The minimum absolute atomic E-state index is 0.388. The zero-order valence-electron chi connectivity index (χ0n) is 10.3. The first-order chi connectivity index (χ1) is 9.06. The molecule has 98 valence electrons. The summed E-state index contributed by atoms with van der Waals surface area (Å²) in [6.07, 6.45) is 0. The quantitative estimate of drug-likeness (QED) is 0.770. The predicted molar refractivity (Wildman–Crippen MR) is 77.1 cm³/mol. The Morgan fingerprint density at radius 2 is 2.00 bits per heavy atom. The first kappa shape index (κ1) is 13.9. The van der Waals surface area contributed by atoms with Gasteiger partial charge in [-0.05, 0) is 53.9 Å². The standard InChI is InChI=1S/C15H12Cl2O2/c1-10-5-6-13(8-14(10)15(17)18)19-9-11-3-2-4-12(16)7-11/h2-8H,9H2,1H3. The van der Waals surface area contributed by atoms with E-state index in [1.807, 2.05) is 37.3 Å². The molecule has 0 bridgehead atoms. The van der Waals surface area contributed by atoms with Gasteiger partial charge in [0, 0.05) is 10.6 Å². The third-order valence-electron chi connectivity index (χ3n) is 2.72. The number of carbonyl (C=O) groups is 1. The van der Waals surface area contributed by atoms with Crippen molar-refractivity contribution < 1.29 is 9.53 Å². The monoisotopic (exact) mass is 294 g/mol. The summed E-state index contributed by atoms with van der Waals surface area (Å²) in [4.78, 5) is 11.2. The van der Waals surface area contributed by atoms with Crippen LogP contribution in [0, 0.1) is 6.92 Å². The Bertz CT molecular complexity index is 609. The lowest BCUT2D eigenvalue weighted by Crippen LogP contribution is -1.98. The third-order valence-corrected chi connectivity index (χ3v) is 3.15. The molecule has 0 N–H and O–H groups in total. The second-order valence-electron chi connectivity index (χ2n) is 4.17. The van der Waals surface area contributed by atoms with Crippen LogP contribution >= 0.6 is 23.2 Å². The first-order valence-corrected chi connectivity index (χ1v) is 6.49. The van der Waals surface area contributed by atoms with Crippen molar-refractivity contribution in [2.45, 2.75) is 13.5 Å². The Morgan fingerprint density at radius 1 is 1.21 bits per heavy atom. The highest BCUT2D eigenvalue weighted by atomic mass is 35.5. The molecular formula is C15H12Cl2O2. The highest BCUT2D eigenvalue weighted by molar-refractivity contribution is 6.67. The molecule has 4 heteroatoms. The topological polar surface area (TPSA) is 26.3 Å². The molecule has 0 heterocycles. The highest BCUT2D eigenvalue weighted by Gasteiger charge is 2.07. The maximum absolute atomic E-state index is 11.2. The number of hydrogen-bond donors (Lipinski definition) is 0. The number of halogens is 2. The van der Waals surface area contributed by atoms with Gasteiger partial charge in [0.25, 0.3) is 5.24 Å². The van der Waals surface area contributed by atoms with E-state index in [1.54, 1.807) is 12.1 Å². The van der Waals surface area contributed by atoms with Crippen LogP contribution in [-0.2, 0) is 6.61 Å². The fraction of sp³-hybridized carbons (Fsp3) is 0.133. The van der Waals surface area contributed by atoms with Crippen molar-refractivity contribution >= 4 is 28.4 Å². The summed E-state index contributed by atoms with van der Waals surface area (Å²) in [5.74, 6) is 0.606. The van der Waals surface area contributed by atoms with E-state index in [1.165, 1.54) is 0 Å². The maximum atomic E-state index is 11.2. The van der Waals surface area contributed by atoms with Gasteiger partial charge < -0.3 is 4.74 Å². The molecule has 0 amide bonds. The van der Waals surface area contributed by atoms with Gasteiger partial charge in [0.1, 0.15) is 12.4 Å². The molecule has 0 aromatic heterocycles. The Morgan fingerprint density at radius 3 is 2.68 bits per heavy atom. The van der Waals surface area contributed by atoms with E-state index in [-0.39, 0.29) is 0 Å². The number of rotatable bonds is 4. The molecule has 2 nitrogen and oxygen atoms in total. The summed E-state index contributed by atoms with van der Waals surface area (Å²) in [6, 6.07) is 12.7. The van der Waals surface area contributed by atoms with Crippen LogP contribution in [-0.4, -0.2) is 5.24 Å². The number of aryl methyl sites for hydroxylation is 1. The van der Waals surface area contributed by atoms with E-state index in [4.69, 9.17) is 27.9 Å². The van der Waals surface area contributed by atoms with Crippen LogP contribution in [0.2, 0.25) is 5.02 Å². The van der Waals surface area contributed by atoms with E-state index in [0.717, 1.165) is 11.1 Å². The van der Waals surface area contributed by atoms with Crippen molar-refractivity contribution in [3.8, 4) is 5.75 Å². The third kappa shape index (κ3) is 3.72. The summed E-state index contributed by atoms with van der Waals surface area (Å²) in [6.45, 7) is 2.22. The molecule has 0 aliphatic rings. The van der Waals surface area contributed by atoms with Crippen LogP contribution in [0.3, 0.4) is 0 Å². The summed E-state index contributed by atoms with van der Waals surface area (Å²) in [7, 11) is 0. The number of carbonyl (C=O) groups excluding carboxylic acids is 1. The van der Waals surface area contributed by atoms with Crippen molar-refractivity contribution in [1.82, 2.24) is 0 Å². The van der Waals surface area contributed by atoms with Crippen LogP contribution < -0.4 is 4.74 Å². The highest BCUT2D eigenvalue weighted by Crippen LogP contribution is 2.20. The molecule has 0 aliphatic carbocycles. The van der Waals surface area contributed by atoms with Crippen molar-refractivity contribution in [2.24, 2.45) is 0 Å². The number of hydrogen-bond acceptors (Lipinski definition) is 2. The van der Waals surface area contributed by atoms with Gasteiger partial charge in [-0.1, -0.05) is 29.8 Å². The second kappa shape index (κ2) is 6.09. The lowest BCUT2D eigenvalue weighted by Gasteiger charge is -2.08. The van der Waals surface area contributed by atoms with Crippen LogP contribution in [0.5, 0.6) is 5.75 Å². The second-order valence-corrected chi connectivity index (χ2v) is 4.95. The summed E-state index contributed by atoms with van der Waals surface area (Å²) in [5.41, 5.74) is 2.26. The molecule has 2 aromatic carbocycles. The van der Waals surface area contributed by atoms with Gasteiger partial charge in [-0.2, -0.15) is 0 Å². The van der Waals surface area contributed by atoms with Crippen LogP contribution in [0.4, 0.5) is 0 Å². The van der Waals surface area contributed by atoms with Gasteiger partial charge in [0.05, 0.1) is 0 Å². The SMILES string of the molecule is Cc1ccc(OCc2cccc(Cl)c2)cc1C(=O)Cl. The predicted octanol–water partition coefficient (Wildman–Crippen LogP) is 4.61. The lowest BCUT2D eigenvalue weighted by molar-refractivity contribution is 0.108. The largest absolute Gasteiger partial charge is 0.489 e. The molecule has 0 aliphatic heterocycles. The zero-order valence-corrected chi connectivity index (χ0v) is 11.8. The molecule has 19 heavy (non-hydrogen) atoms. The van der Waals surface area contributed by atoms with Crippen LogP contribution in [0.1, 0.15) is 21.5 Å². The normalized spacial score (nSPS) is 10.3. The van der Waals surface area contributed by atoms with E-state index >= 15 is 0 Å². The smallest absolute Gasteiger partial charge is 0.252 e. The summed E-state index contributed by atoms with van der Waals surface area (Å²) < 4.78 is 5.62. The van der Waals surface area contributed by atoms with Crippen molar-refractivity contribution in [3.63, 3.8) is 0 Å². The van der Waals surface area contributed by atoms with Crippen molar-refractivity contribution in [1.29, 1.82) is 0 Å². The van der Waals surface area contributed by atoms with Gasteiger partial charge in [0.15, 0.2) is 0 Å². The number of ether oxygens (including phenoxy) is 1. The average Bonchev–Trinajstić information content (AvgIpc) is 2.37. The summed E-state index contributed by atoms with van der Waals surface area (Å²) in [5, 5.41) is 0.187. The van der Waals surface area contributed by atoms with Crippen molar-refractivity contribution in [3.05, 3.63) is 64.2 Å². The molecule has 0 radical (unpaired) electrons. The van der Waals surface area contributed by atoms with Crippen molar-refractivity contribution in [2.75, 3.05) is 0 Å². The van der Waals surface area contributed by atoms with Gasteiger partial charge in [0.2, 0.25) is 0 Å². The maximum Gasteiger partial charge on any atom is 0.252 e. The fourth-order valence-corrected chi connectivity index (χ4v) is 2.11. The minimum atomic E-state index is -0.481. The van der Waals surface area contributed by atoms with E-state index < -0.39 is 5.24 Å². The van der Waals surface area contributed by atoms with Gasteiger partial charge in [-0.15, -0.1) is 0 Å². The Hall–Kier alpha value is -1.51. The molecule has 2 aromatic rings. The van der Waals surface area contributed by atoms with Crippen LogP contribution in [0.25, 0.3) is 0 Å². The minimum Gasteiger partial charge on any atom is -0.489 e. The molecule has 0 fully saturated rings. The van der Waals surface area contributed by atoms with E-state index in [0.29, 0.717) is 22.9 Å². The Labute approximate surface area is 121 Å².